The maximum absolute atomic E-state index is 10.5. The second-order valence-electron chi connectivity index (χ2n) is 7.84. The number of aromatic nitrogens is 6. The molecule has 5 rings (SSSR count). The minimum atomic E-state index is -1.27. The third-order valence-corrected chi connectivity index (χ3v) is 5.81. The first-order chi connectivity index (χ1) is 15.1. The summed E-state index contributed by atoms with van der Waals surface area (Å²) in [6, 6.07) is 2.29. The van der Waals surface area contributed by atoms with Gasteiger partial charge in [-0.1, -0.05) is 12.8 Å². The number of rotatable bonds is 5. The van der Waals surface area contributed by atoms with Crippen molar-refractivity contribution >= 4 is 17.0 Å². The van der Waals surface area contributed by atoms with Crippen LogP contribution in [-0.4, -0.2) is 75.6 Å². The number of nitrogens with one attached hydrogen (secondary N) is 1. The SMILES string of the molecule is N#Cc1cnn(-c2nc(NC3CCCC3)c3ncn([C@@H]4O[C@H](CO)[C@@H](O)[C@H]4O)c3n2)c1. The molecule has 1 aliphatic carbocycles. The van der Waals surface area contributed by atoms with Gasteiger partial charge >= 0.3 is 0 Å². The van der Waals surface area contributed by atoms with Crippen molar-refractivity contribution in [3.63, 3.8) is 0 Å². The third kappa shape index (κ3) is 3.41. The Kier molecular flexibility index (Phi) is 5.03. The van der Waals surface area contributed by atoms with Gasteiger partial charge in [-0.25, -0.2) is 9.67 Å². The van der Waals surface area contributed by atoms with Crippen LogP contribution in [-0.2, 0) is 4.74 Å². The molecule has 31 heavy (non-hydrogen) atoms. The Labute approximate surface area is 176 Å². The molecule has 0 aromatic carbocycles. The average molecular weight is 426 g/mol. The molecule has 3 aromatic heterocycles. The van der Waals surface area contributed by atoms with Crippen molar-refractivity contribution in [3.8, 4) is 12.0 Å². The molecule has 2 aliphatic rings. The summed E-state index contributed by atoms with van der Waals surface area (Å²) >= 11 is 0. The normalized spacial score (nSPS) is 26.5. The van der Waals surface area contributed by atoms with Crippen molar-refractivity contribution in [2.75, 3.05) is 11.9 Å². The predicted octanol–water partition coefficient (Wildman–Crippen LogP) is -0.150. The number of aliphatic hydroxyl groups excluding tert-OH is 3. The predicted molar refractivity (Wildman–Crippen MR) is 106 cm³/mol. The maximum atomic E-state index is 10.5. The first kappa shape index (κ1) is 19.8. The summed E-state index contributed by atoms with van der Waals surface area (Å²) in [7, 11) is 0. The zero-order valence-corrected chi connectivity index (χ0v) is 16.5. The molecular formula is C19H22N8O4. The average Bonchev–Trinajstić information content (AvgIpc) is 3.56. The zero-order valence-electron chi connectivity index (χ0n) is 16.5. The van der Waals surface area contributed by atoms with Gasteiger partial charge in [0.25, 0.3) is 5.95 Å². The summed E-state index contributed by atoms with van der Waals surface area (Å²) in [5.41, 5.74) is 1.22. The number of hydrogen-bond donors (Lipinski definition) is 4. The fraction of sp³-hybridized carbons (Fsp3) is 0.526. The number of nitrogens with zero attached hydrogens (tertiary/aromatic N) is 7. The molecule has 2 fully saturated rings. The molecule has 12 heteroatoms. The van der Waals surface area contributed by atoms with Crippen LogP contribution in [0.4, 0.5) is 5.82 Å². The van der Waals surface area contributed by atoms with Gasteiger partial charge in [-0.15, -0.1) is 0 Å². The van der Waals surface area contributed by atoms with Gasteiger partial charge in [-0.05, 0) is 12.8 Å². The standard InChI is InChI=1S/C19H22N8O4/c20-5-10-6-22-27(7-10)19-24-16(23-11-3-1-2-4-11)13-17(25-19)26(9-21-13)18-15(30)14(29)12(8-28)31-18/h6-7,9,11-12,14-15,18,28-30H,1-4,8H2,(H,23,24,25)/t12-,14-,15-,18-/m1/s1. The highest BCUT2D eigenvalue weighted by molar-refractivity contribution is 5.84. The number of anilines is 1. The van der Waals surface area contributed by atoms with E-state index in [1.807, 2.05) is 6.07 Å². The zero-order chi connectivity index (χ0) is 21.5. The number of nitriles is 1. The van der Waals surface area contributed by atoms with Crippen LogP contribution < -0.4 is 5.32 Å². The number of hydrogen-bond acceptors (Lipinski definition) is 10. The first-order valence-electron chi connectivity index (χ1n) is 10.2. The van der Waals surface area contributed by atoms with Crippen LogP contribution in [0.25, 0.3) is 17.1 Å². The summed E-state index contributed by atoms with van der Waals surface area (Å²) in [5.74, 6) is 0.745. The second kappa shape index (κ2) is 7.86. The van der Waals surface area contributed by atoms with Crippen LogP contribution in [0.2, 0.25) is 0 Å². The highest BCUT2D eigenvalue weighted by atomic mass is 16.6. The van der Waals surface area contributed by atoms with Gasteiger partial charge in [0.05, 0.1) is 30.9 Å². The number of fused-ring (bicyclic) bond motifs is 1. The smallest absolute Gasteiger partial charge is 0.254 e. The van der Waals surface area contributed by atoms with Gasteiger partial charge in [-0.3, -0.25) is 4.57 Å². The monoisotopic (exact) mass is 426 g/mol. The summed E-state index contributed by atoms with van der Waals surface area (Å²) in [5, 5.41) is 46.7. The van der Waals surface area contributed by atoms with Crippen LogP contribution in [0.3, 0.4) is 0 Å². The quantitative estimate of drug-likeness (QED) is 0.431. The van der Waals surface area contributed by atoms with Crippen molar-refractivity contribution in [3.05, 3.63) is 24.3 Å². The Bertz CT molecular complexity index is 1130. The Morgan fingerprint density at radius 3 is 2.71 bits per heavy atom. The Morgan fingerprint density at radius 1 is 1.23 bits per heavy atom. The van der Waals surface area contributed by atoms with Crippen LogP contribution in [0, 0.1) is 11.3 Å². The molecule has 0 radical (unpaired) electrons. The van der Waals surface area contributed by atoms with E-state index in [-0.39, 0.29) is 12.0 Å². The molecule has 4 N–H and O–H groups in total. The molecule has 0 unspecified atom stereocenters. The molecule has 162 valence electrons. The summed E-state index contributed by atoms with van der Waals surface area (Å²) in [4.78, 5) is 13.6. The van der Waals surface area contributed by atoms with Crippen molar-refractivity contribution in [1.29, 1.82) is 5.26 Å². The van der Waals surface area contributed by atoms with Crippen molar-refractivity contribution in [1.82, 2.24) is 29.3 Å². The summed E-state index contributed by atoms with van der Waals surface area (Å²) in [6.45, 7) is -0.430. The van der Waals surface area contributed by atoms with E-state index in [9.17, 15) is 15.3 Å². The molecule has 4 heterocycles. The largest absolute Gasteiger partial charge is 0.394 e. The number of imidazole rings is 1. The first-order valence-corrected chi connectivity index (χ1v) is 10.2. The van der Waals surface area contributed by atoms with E-state index in [0.717, 1.165) is 25.7 Å². The maximum Gasteiger partial charge on any atom is 0.254 e. The molecule has 12 nitrogen and oxygen atoms in total. The summed E-state index contributed by atoms with van der Waals surface area (Å²) < 4.78 is 8.56. The van der Waals surface area contributed by atoms with Gasteiger partial charge in [0.15, 0.2) is 23.2 Å². The van der Waals surface area contributed by atoms with E-state index in [0.29, 0.717) is 22.5 Å². The topological polar surface area (TPSA) is 167 Å². The minimum absolute atomic E-state index is 0.225. The fourth-order valence-corrected chi connectivity index (χ4v) is 4.16. The van der Waals surface area contributed by atoms with Crippen molar-refractivity contribution in [2.24, 2.45) is 0 Å². The summed E-state index contributed by atoms with van der Waals surface area (Å²) in [6.07, 6.45) is 4.32. The van der Waals surface area contributed by atoms with E-state index in [4.69, 9.17) is 10.00 Å². The van der Waals surface area contributed by atoms with Crippen molar-refractivity contribution in [2.45, 2.75) is 56.3 Å². The molecule has 1 aliphatic heterocycles. The Hall–Kier alpha value is -3.11. The van der Waals surface area contributed by atoms with Gasteiger partial charge in [0, 0.05) is 6.04 Å². The Balaban J connectivity index is 1.61. The number of aliphatic hydroxyl groups is 3. The highest BCUT2D eigenvalue weighted by Crippen LogP contribution is 2.33. The third-order valence-electron chi connectivity index (χ3n) is 5.81. The van der Waals surface area contributed by atoms with E-state index < -0.39 is 31.1 Å². The van der Waals surface area contributed by atoms with E-state index >= 15 is 0 Å². The number of ether oxygens (including phenoxy) is 1. The lowest BCUT2D eigenvalue weighted by atomic mass is 10.1. The molecule has 0 amide bonds. The lowest BCUT2D eigenvalue weighted by Gasteiger charge is -2.18. The van der Waals surface area contributed by atoms with Crippen LogP contribution in [0.5, 0.6) is 0 Å². The van der Waals surface area contributed by atoms with E-state index in [1.54, 1.807) is 0 Å². The van der Waals surface area contributed by atoms with E-state index in [2.05, 4.69) is 25.4 Å². The second-order valence-corrected chi connectivity index (χ2v) is 7.84. The molecule has 0 spiro atoms. The highest BCUT2D eigenvalue weighted by Gasteiger charge is 2.44. The van der Waals surface area contributed by atoms with Gasteiger partial charge in [-0.2, -0.15) is 20.3 Å². The van der Waals surface area contributed by atoms with Crippen LogP contribution in [0.1, 0.15) is 37.5 Å². The van der Waals surface area contributed by atoms with Crippen LogP contribution >= 0.6 is 0 Å². The molecule has 1 saturated carbocycles. The molecule has 4 atom stereocenters. The molecular weight excluding hydrogens is 404 g/mol. The van der Waals surface area contributed by atoms with Gasteiger partial charge < -0.3 is 25.4 Å². The molecule has 0 bridgehead atoms. The van der Waals surface area contributed by atoms with E-state index in [1.165, 1.54) is 28.0 Å². The molecule has 1 saturated heterocycles. The molecule has 3 aromatic rings. The van der Waals surface area contributed by atoms with Gasteiger partial charge in [0.1, 0.15) is 24.4 Å². The minimum Gasteiger partial charge on any atom is -0.394 e. The fourth-order valence-electron chi connectivity index (χ4n) is 4.16. The van der Waals surface area contributed by atoms with Crippen LogP contribution in [0.15, 0.2) is 18.7 Å². The lowest BCUT2D eigenvalue weighted by Crippen LogP contribution is -2.33. The lowest BCUT2D eigenvalue weighted by molar-refractivity contribution is -0.0511. The Morgan fingerprint density at radius 2 is 2.03 bits per heavy atom. The van der Waals surface area contributed by atoms with Crippen molar-refractivity contribution < 1.29 is 20.1 Å². The van der Waals surface area contributed by atoms with Gasteiger partial charge in [0.2, 0.25) is 0 Å².